The van der Waals surface area contributed by atoms with Crippen LogP contribution >= 0.6 is 22.9 Å². The van der Waals surface area contributed by atoms with Gasteiger partial charge >= 0.3 is 0 Å². The Morgan fingerprint density at radius 1 is 1.25 bits per heavy atom. The molecule has 8 heteroatoms. The Morgan fingerprint density at radius 2 is 2.04 bits per heavy atom. The van der Waals surface area contributed by atoms with Crippen LogP contribution in [0.5, 0.6) is 0 Å². The largest absolute Gasteiger partial charge is 0.339 e. The minimum atomic E-state index is -0.720. The molecule has 6 nitrogen and oxygen atoms in total. The van der Waals surface area contributed by atoms with E-state index in [-0.39, 0.29) is 23.6 Å². The second-order valence-corrected chi connectivity index (χ2v) is 8.33. The molecule has 0 saturated carbocycles. The normalized spacial score (nSPS) is 15.0. The van der Waals surface area contributed by atoms with E-state index in [0.717, 1.165) is 6.42 Å². The average molecular weight is 420 g/mol. The molecule has 148 valence electrons. The second kappa shape index (κ2) is 8.75. The third kappa shape index (κ3) is 4.54. The third-order valence-electron chi connectivity index (χ3n) is 4.57. The van der Waals surface area contributed by atoms with Gasteiger partial charge < -0.3 is 15.5 Å². The van der Waals surface area contributed by atoms with Crippen molar-refractivity contribution in [3.63, 3.8) is 0 Å². The van der Waals surface area contributed by atoms with Crippen molar-refractivity contribution in [1.29, 1.82) is 0 Å². The molecule has 1 saturated heterocycles. The lowest BCUT2D eigenvalue weighted by Crippen LogP contribution is -2.47. The molecule has 1 unspecified atom stereocenters. The maximum Gasteiger partial charge on any atom is 0.262 e. The highest BCUT2D eigenvalue weighted by molar-refractivity contribution is 7.12. The lowest BCUT2D eigenvalue weighted by molar-refractivity contribution is -0.119. The van der Waals surface area contributed by atoms with Crippen LogP contribution < -0.4 is 15.5 Å². The van der Waals surface area contributed by atoms with Gasteiger partial charge in [0.25, 0.3) is 5.91 Å². The van der Waals surface area contributed by atoms with Gasteiger partial charge in [-0.25, -0.2) is 0 Å². The first kappa shape index (κ1) is 20.4. The van der Waals surface area contributed by atoms with Gasteiger partial charge in [-0.1, -0.05) is 31.5 Å². The average Bonchev–Trinajstić information content (AvgIpc) is 3.32. The van der Waals surface area contributed by atoms with Crippen molar-refractivity contribution in [2.24, 2.45) is 5.92 Å². The highest BCUT2D eigenvalue weighted by atomic mass is 35.5. The molecular weight excluding hydrogens is 398 g/mol. The molecular formula is C20H22ClN3O3S. The Hall–Kier alpha value is -2.38. The van der Waals surface area contributed by atoms with Crippen LogP contribution in [0.1, 0.15) is 36.4 Å². The van der Waals surface area contributed by atoms with E-state index in [4.69, 9.17) is 11.6 Å². The summed E-state index contributed by atoms with van der Waals surface area (Å²) < 4.78 is 0. The van der Waals surface area contributed by atoms with E-state index < -0.39 is 6.04 Å². The fourth-order valence-electron chi connectivity index (χ4n) is 3.06. The van der Waals surface area contributed by atoms with Crippen LogP contribution in [0.2, 0.25) is 5.02 Å². The van der Waals surface area contributed by atoms with Gasteiger partial charge in [0.1, 0.15) is 6.04 Å². The van der Waals surface area contributed by atoms with Crippen molar-refractivity contribution in [2.75, 3.05) is 16.8 Å². The van der Waals surface area contributed by atoms with Gasteiger partial charge in [-0.3, -0.25) is 14.4 Å². The van der Waals surface area contributed by atoms with Crippen LogP contribution in [0.15, 0.2) is 35.7 Å². The number of rotatable bonds is 6. The molecule has 2 N–H and O–H groups in total. The number of amides is 3. The number of carbonyl (C=O) groups is 3. The predicted octanol–water partition coefficient (Wildman–Crippen LogP) is 3.92. The monoisotopic (exact) mass is 419 g/mol. The van der Waals surface area contributed by atoms with E-state index in [0.29, 0.717) is 34.2 Å². The summed E-state index contributed by atoms with van der Waals surface area (Å²) in [6, 6.07) is 7.90. The number of carbonyl (C=O) groups excluding carboxylic acids is 3. The zero-order valence-corrected chi connectivity index (χ0v) is 17.3. The molecule has 1 aromatic heterocycles. The van der Waals surface area contributed by atoms with E-state index in [9.17, 15) is 14.4 Å². The summed E-state index contributed by atoms with van der Waals surface area (Å²) in [7, 11) is 0. The van der Waals surface area contributed by atoms with Gasteiger partial charge in [0, 0.05) is 18.7 Å². The third-order valence-corrected chi connectivity index (χ3v) is 5.77. The zero-order valence-electron chi connectivity index (χ0n) is 15.7. The van der Waals surface area contributed by atoms with Gasteiger partial charge in [-0.05, 0) is 42.0 Å². The standard InChI is InChI=1S/C20H22ClN3O3S/c1-12(2)18(23-19(26)16-5-4-10-28-16)20(27)22-15-11-13(7-8-14(15)21)24-9-3-6-17(24)25/h4-5,7-8,10-12,18H,3,6,9H2,1-2H3,(H,22,27)(H,23,26). The summed E-state index contributed by atoms with van der Waals surface area (Å²) in [5.74, 6) is -0.702. The number of hydrogen-bond acceptors (Lipinski definition) is 4. The van der Waals surface area contributed by atoms with Crippen molar-refractivity contribution >= 4 is 52.0 Å². The van der Waals surface area contributed by atoms with Crippen LogP contribution in [0.3, 0.4) is 0 Å². The van der Waals surface area contributed by atoms with E-state index in [2.05, 4.69) is 10.6 Å². The van der Waals surface area contributed by atoms with Crippen LogP contribution in [0, 0.1) is 5.92 Å². The Labute approximate surface area is 172 Å². The van der Waals surface area contributed by atoms with E-state index in [1.165, 1.54) is 11.3 Å². The lowest BCUT2D eigenvalue weighted by atomic mass is 10.0. The van der Waals surface area contributed by atoms with Gasteiger partial charge in [0.2, 0.25) is 11.8 Å². The van der Waals surface area contributed by atoms with Crippen molar-refractivity contribution in [3.8, 4) is 0 Å². The first-order valence-electron chi connectivity index (χ1n) is 9.12. The summed E-state index contributed by atoms with van der Waals surface area (Å²) in [6.45, 7) is 4.37. The maximum atomic E-state index is 12.8. The topological polar surface area (TPSA) is 78.5 Å². The molecule has 0 aliphatic carbocycles. The highest BCUT2D eigenvalue weighted by Gasteiger charge is 2.27. The van der Waals surface area contributed by atoms with Crippen molar-refractivity contribution < 1.29 is 14.4 Å². The number of halogens is 1. The molecule has 0 radical (unpaired) electrons. The molecule has 3 rings (SSSR count). The first-order chi connectivity index (χ1) is 13.4. The van der Waals surface area contributed by atoms with Crippen LogP contribution in [0.25, 0.3) is 0 Å². The van der Waals surface area contributed by atoms with E-state index >= 15 is 0 Å². The van der Waals surface area contributed by atoms with Crippen molar-refractivity contribution in [2.45, 2.75) is 32.7 Å². The molecule has 1 aliphatic rings. The number of anilines is 2. The van der Waals surface area contributed by atoms with Gasteiger partial charge in [0.15, 0.2) is 0 Å². The molecule has 0 spiro atoms. The Bertz CT molecular complexity index is 883. The molecule has 1 aromatic carbocycles. The number of thiophene rings is 1. The van der Waals surface area contributed by atoms with E-state index in [1.807, 2.05) is 19.2 Å². The number of benzene rings is 1. The molecule has 1 fully saturated rings. The lowest BCUT2D eigenvalue weighted by Gasteiger charge is -2.23. The SMILES string of the molecule is CC(C)C(NC(=O)c1cccs1)C(=O)Nc1cc(N2CCCC2=O)ccc1Cl. The van der Waals surface area contributed by atoms with Crippen LogP contribution in [-0.2, 0) is 9.59 Å². The van der Waals surface area contributed by atoms with E-state index in [1.54, 1.807) is 35.2 Å². The fourth-order valence-corrected chi connectivity index (χ4v) is 3.86. The van der Waals surface area contributed by atoms with Gasteiger partial charge in [0.05, 0.1) is 15.6 Å². The molecule has 3 amide bonds. The van der Waals surface area contributed by atoms with Gasteiger partial charge in [-0.2, -0.15) is 0 Å². The summed E-state index contributed by atoms with van der Waals surface area (Å²) >= 11 is 7.57. The molecule has 28 heavy (non-hydrogen) atoms. The second-order valence-electron chi connectivity index (χ2n) is 6.97. The molecule has 2 heterocycles. The Morgan fingerprint density at radius 3 is 2.64 bits per heavy atom. The summed E-state index contributed by atoms with van der Waals surface area (Å²) in [4.78, 5) is 39.4. The minimum absolute atomic E-state index is 0.0582. The summed E-state index contributed by atoms with van der Waals surface area (Å²) in [6.07, 6.45) is 1.34. The minimum Gasteiger partial charge on any atom is -0.339 e. The number of hydrogen-bond donors (Lipinski definition) is 2. The zero-order chi connectivity index (χ0) is 20.3. The molecule has 1 atom stereocenters. The highest BCUT2D eigenvalue weighted by Crippen LogP contribution is 2.30. The Balaban J connectivity index is 1.76. The van der Waals surface area contributed by atoms with Crippen LogP contribution in [0.4, 0.5) is 11.4 Å². The summed E-state index contributed by atoms with van der Waals surface area (Å²) in [5, 5.41) is 7.77. The maximum absolute atomic E-state index is 12.8. The fraction of sp³-hybridized carbons (Fsp3) is 0.350. The quantitative estimate of drug-likeness (QED) is 0.744. The Kier molecular flexibility index (Phi) is 6.36. The van der Waals surface area contributed by atoms with Crippen molar-refractivity contribution in [1.82, 2.24) is 5.32 Å². The van der Waals surface area contributed by atoms with Crippen LogP contribution in [-0.4, -0.2) is 30.3 Å². The summed E-state index contributed by atoms with van der Waals surface area (Å²) in [5.41, 5.74) is 1.12. The molecule has 0 bridgehead atoms. The number of nitrogens with zero attached hydrogens (tertiary/aromatic N) is 1. The number of nitrogens with one attached hydrogen (secondary N) is 2. The molecule has 2 aromatic rings. The van der Waals surface area contributed by atoms with Gasteiger partial charge in [-0.15, -0.1) is 11.3 Å². The predicted molar refractivity (Wildman–Crippen MR) is 112 cm³/mol. The van der Waals surface area contributed by atoms with Crippen molar-refractivity contribution in [3.05, 3.63) is 45.6 Å². The molecule has 1 aliphatic heterocycles. The first-order valence-corrected chi connectivity index (χ1v) is 10.4. The smallest absolute Gasteiger partial charge is 0.262 e.